The van der Waals surface area contributed by atoms with Crippen LogP contribution in [0.5, 0.6) is 5.95 Å². The topological polar surface area (TPSA) is 44.4 Å². The molecule has 0 unspecified atom stereocenters. The van der Waals surface area contributed by atoms with Crippen molar-refractivity contribution in [2.45, 2.75) is 19.9 Å². The monoisotopic (exact) mass is 283 g/mol. The van der Waals surface area contributed by atoms with Crippen LogP contribution in [0.2, 0.25) is 0 Å². The van der Waals surface area contributed by atoms with Crippen LogP contribution in [0, 0.1) is 6.92 Å². The van der Waals surface area contributed by atoms with Crippen LogP contribution in [0.1, 0.15) is 24.2 Å². The van der Waals surface area contributed by atoms with Crippen molar-refractivity contribution in [3.05, 3.63) is 64.3 Å². The summed E-state index contributed by atoms with van der Waals surface area (Å²) >= 11 is 0. The minimum Gasteiger partial charge on any atom is -0.467 e. The van der Waals surface area contributed by atoms with Gasteiger partial charge in [0.15, 0.2) is 0 Å². The molecule has 4 heteroatoms. The number of aromatic nitrogens is 1. The van der Waals surface area contributed by atoms with Crippen molar-refractivity contribution in [3.8, 4) is 5.95 Å². The highest BCUT2D eigenvalue weighted by Crippen LogP contribution is 2.28. The number of methoxy groups -OCH3 is 1. The van der Waals surface area contributed by atoms with E-state index >= 15 is 0 Å². The molecule has 4 nitrogen and oxygen atoms in total. The zero-order valence-corrected chi connectivity index (χ0v) is 12.3. The average molecular weight is 283 g/mol. The van der Waals surface area contributed by atoms with Gasteiger partial charge in [-0.05, 0) is 30.2 Å². The van der Waals surface area contributed by atoms with E-state index in [0.717, 1.165) is 16.3 Å². The fourth-order valence-electron chi connectivity index (χ4n) is 2.83. The van der Waals surface area contributed by atoms with Gasteiger partial charge in [0.25, 0.3) is 0 Å². The summed E-state index contributed by atoms with van der Waals surface area (Å²) in [7, 11) is 1.50. The van der Waals surface area contributed by atoms with Crippen LogP contribution in [-0.4, -0.2) is 11.7 Å². The second kappa shape index (κ2) is 5.13. The van der Waals surface area contributed by atoms with Crippen molar-refractivity contribution in [2.24, 2.45) is 0 Å². The first kappa shape index (κ1) is 13.5. The average Bonchev–Trinajstić information content (AvgIpc) is 2.80. The molecule has 0 bridgehead atoms. The molecule has 0 aliphatic carbocycles. The van der Waals surface area contributed by atoms with Crippen LogP contribution in [0.15, 0.2) is 51.7 Å². The van der Waals surface area contributed by atoms with Crippen LogP contribution in [0.3, 0.4) is 0 Å². The van der Waals surface area contributed by atoms with E-state index in [2.05, 4.69) is 18.2 Å². The van der Waals surface area contributed by atoms with Gasteiger partial charge < -0.3 is 9.15 Å². The van der Waals surface area contributed by atoms with Gasteiger partial charge in [-0.2, -0.15) is 0 Å². The zero-order chi connectivity index (χ0) is 15.0. The molecule has 1 aromatic heterocycles. The Balaban J connectivity index is 2.20. The van der Waals surface area contributed by atoms with Gasteiger partial charge in [0, 0.05) is 0 Å². The highest BCUT2D eigenvalue weighted by atomic mass is 16.6. The van der Waals surface area contributed by atoms with Crippen LogP contribution >= 0.6 is 0 Å². The van der Waals surface area contributed by atoms with Crippen molar-refractivity contribution < 1.29 is 9.15 Å². The van der Waals surface area contributed by atoms with Gasteiger partial charge in [-0.25, -0.2) is 4.79 Å². The maximum atomic E-state index is 12.1. The minimum absolute atomic E-state index is 0.128. The Morgan fingerprint density at radius 3 is 2.57 bits per heavy atom. The summed E-state index contributed by atoms with van der Waals surface area (Å²) in [4.78, 5) is 12.1. The van der Waals surface area contributed by atoms with E-state index < -0.39 is 5.76 Å². The number of hydrogen-bond donors (Lipinski definition) is 0. The molecular weight excluding hydrogens is 266 g/mol. The summed E-state index contributed by atoms with van der Waals surface area (Å²) in [5.74, 6) is -0.128. The molecule has 0 radical (unpaired) electrons. The van der Waals surface area contributed by atoms with Gasteiger partial charge in [-0.15, -0.1) is 0 Å². The fourth-order valence-corrected chi connectivity index (χ4v) is 2.83. The van der Waals surface area contributed by atoms with E-state index in [1.807, 2.05) is 38.1 Å². The summed E-state index contributed by atoms with van der Waals surface area (Å²) in [6, 6.07) is 14.1. The second-order valence-electron chi connectivity index (χ2n) is 5.06. The SMILES string of the molecule is COc1oc(=O)n([C@H](C)c2cccc3ccccc23)c1C. The number of benzene rings is 2. The van der Waals surface area contributed by atoms with Crippen LogP contribution in [0.25, 0.3) is 10.8 Å². The maximum absolute atomic E-state index is 12.1. The molecule has 2 aromatic carbocycles. The van der Waals surface area contributed by atoms with Crippen molar-refractivity contribution in [3.63, 3.8) is 0 Å². The Bertz CT molecular complexity index is 839. The predicted octanol–water partition coefficient (Wildman–Crippen LogP) is 3.52. The smallest absolute Gasteiger partial charge is 0.422 e. The Morgan fingerprint density at radius 1 is 1.14 bits per heavy atom. The largest absolute Gasteiger partial charge is 0.467 e. The van der Waals surface area contributed by atoms with Crippen molar-refractivity contribution in [1.82, 2.24) is 4.57 Å². The molecule has 1 atom stereocenters. The van der Waals surface area contributed by atoms with Crippen LogP contribution < -0.4 is 10.5 Å². The molecule has 0 aliphatic rings. The summed E-state index contributed by atoms with van der Waals surface area (Å²) in [5, 5.41) is 2.29. The van der Waals surface area contributed by atoms with E-state index in [1.165, 1.54) is 7.11 Å². The molecule has 0 fully saturated rings. The van der Waals surface area contributed by atoms with E-state index in [0.29, 0.717) is 5.69 Å². The van der Waals surface area contributed by atoms with Crippen molar-refractivity contribution in [1.29, 1.82) is 0 Å². The molecule has 0 saturated heterocycles. The summed E-state index contributed by atoms with van der Waals surface area (Å²) < 4.78 is 11.9. The van der Waals surface area contributed by atoms with Gasteiger partial charge in [0.2, 0.25) is 0 Å². The Labute approximate surface area is 122 Å². The van der Waals surface area contributed by atoms with Gasteiger partial charge in [-0.3, -0.25) is 4.57 Å². The lowest BCUT2D eigenvalue weighted by Crippen LogP contribution is -2.20. The third kappa shape index (κ3) is 2.13. The van der Waals surface area contributed by atoms with Crippen molar-refractivity contribution >= 4 is 10.8 Å². The van der Waals surface area contributed by atoms with Gasteiger partial charge in [0.1, 0.15) is 5.69 Å². The lowest BCUT2D eigenvalue weighted by atomic mass is 9.99. The fraction of sp³-hybridized carbons (Fsp3) is 0.235. The van der Waals surface area contributed by atoms with E-state index in [4.69, 9.17) is 9.15 Å². The van der Waals surface area contributed by atoms with Crippen molar-refractivity contribution in [2.75, 3.05) is 7.11 Å². The molecular formula is C17H17NO3. The van der Waals surface area contributed by atoms with Crippen LogP contribution in [-0.2, 0) is 0 Å². The molecule has 0 N–H and O–H groups in total. The first-order chi connectivity index (χ1) is 10.1. The molecule has 0 aliphatic heterocycles. The Hall–Kier alpha value is -2.49. The number of hydrogen-bond acceptors (Lipinski definition) is 3. The molecule has 0 spiro atoms. The van der Waals surface area contributed by atoms with Gasteiger partial charge in [-0.1, -0.05) is 42.5 Å². The first-order valence-electron chi connectivity index (χ1n) is 6.87. The summed E-state index contributed by atoms with van der Waals surface area (Å²) in [6.07, 6.45) is 0. The highest BCUT2D eigenvalue weighted by Gasteiger charge is 2.20. The summed E-state index contributed by atoms with van der Waals surface area (Å²) in [6.45, 7) is 3.82. The number of oxazole rings is 1. The third-order valence-corrected chi connectivity index (χ3v) is 3.88. The molecule has 21 heavy (non-hydrogen) atoms. The van der Waals surface area contributed by atoms with Gasteiger partial charge in [0.05, 0.1) is 13.2 Å². The molecule has 0 amide bonds. The summed E-state index contributed by atoms with van der Waals surface area (Å²) in [5.41, 5.74) is 1.78. The quantitative estimate of drug-likeness (QED) is 0.738. The van der Waals surface area contributed by atoms with E-state index in [-0.39, 0.29) is 12.0 Å². The lowest BCUT2D eigenvalue weighted by Gasteiger charge is -2.16. The first-order valence-corrected chi connectivity index (χ1v) is 6.87. The predicted molar refractivity (Wildman–Crippen MR) is 82.0 cm³/mol. The number of rotatable bonds is 3. The Kier molecular flexibility index (Phi) is 3.29. The van der Waals surface area contributed by atoms with E-state index in [1.54, 1.807) is 4.57 Å². The molecule has 0 saturated carbocycles. The number of nitrogens with zero attached hydrogens (tertiary/aromatic N) is 1. The second-order valence-corrected chi connectivity index (χ2v) is 5.06. The number of fused-ring (bicyclic) bond motifs is 1. The molecule has 3 rings (SSSR count). The normalized spacial score (nSPS) is 12.5. The van der Waals surface area contributed by atoms with E-state index in [9.17, 15) is 4.79 Å². The molecule has 108 valence electrons. The molecule has 3 aromatic rings. The van der Waals surface area contributed by atoms with Gasteiger partial charge >= 0.3 is 11.7 Å². The number of ether oxygens (including phenoxy) is 1. The third-order valence-electron chi connectivity index (χ3n) is 3.88. The lowest BCUT2D eigenvalue weighted by molar-refractivity contribution is 0.291. The Morgan fingerprint density at radius 2 is 1.86 bits per heavy atom. The minimum atomic E-state index is -0.398. The van der Waals surface area contributed by atoms with Crippen LogP contribution in [0.4, 0.5) is 0 Å². The highest BCUT2D eigenvalue weighted by molar-refractivity contribution is 5.86. The zero-order valence-electron chi connectivity index (χ0n) is 12.3. The standard InChI is InChI=1S/C17H17NO3/c1-11(18-12(2)16(20-3)21-17(18)19)14-10-6-8-13-7-4-5-9-15(13)14/h4-11H,1-3H3/t11-/m1/s1. The maximum Gasteiger partial charge on any atom is 0.422 e. The molecule has 1 heterocycles.